The van der Waals surface area contributed by atoms with Gasteiger partial charge in [0, 0.05) is 17.8 Å². The summed E-state index contributed by atoms with van der Waals surface area (Å²) in [6.07, 6.45) is 4.20. The van der Waals surface area contributed by atoms with Gasteiger partial charge in [-0.25, -0.2) is 4.98 Å². The van der Waals surface area contributed by atoms with Crippen molar-refractivity contribution in [2.75, 3.05) is 6.54 Å². The van der Waals surface area contributed by atoms with Gasteiger partial charge in [-0.1, -0.05) is 13.3 Å². The Balaban J connectivity index is 1.87. The number of thiazole rings is 1. The number of rotatable bonds is 4. The topological polar surface area (TPSA) is 42.0 Å². The largest absolute Gasteiger partial charge is 0.314 e. The van der Waals surface area contributed by atoms with Gasteiger partial charge in [0.05, 0.1) is 5.51 Å². The van der Waals surface area contributed by atoms with Crippen molar-refractivity contribution >= 4 is 17.1 Å². The highest BCUT2D eigenvalue weighted by Crippen LogP contribution is 2.21. The number of aromatic nitrogens is 1. The minimum atomic E-state index is 0.176. The molecule has 0 aromatic carbocycles. The van der Waals surface area contributed by atoms with Crippen LogP contribution >= 0.6 is 11.3 Å². The van der Waals surface area contributed by atoms with Crippen LogP contribution in [0, 0.1) is 5.92 Å². The lowest BCUT2D eigenvalue weighted by atomic mass is 9.88. The molecule has 0 bridgehead atoms. The molecule has 0 amide bonds. The smallest absolute Gasteiger partial charge is 0.183 e. The van der Waals surface area contributed by atoms with Crippen molar-refractivity contribution in [1.29, 1.82) is 0 Å². The van der Waals surface area contributed by atoms with Gasteiger partial charge in [0.15, 0.2) is 5.78 Å². The maximum absolute atomic E-state index is 11.9. The number of nitrogens with zero attached hydrogens (tertiary/aromatic N) is 1. The Kier molecular flexibility index (Phi) is 4.07. The Morgan fingerprint density at radius 1 is 1.69 bits per heavy atom. The fourth-order valence-electron chi connectivity index (χ4n) is 2.30. The van der Waals surface area contributed by atoms with E-state index < -0.39 is 0 Å². The van der Waals surface area contributed by atoms with Crippen molar-refractivity contribution in [1.82, 2.24) is 10.3 Å². The lowest BCUT2D eigenvalue weighted by Gasteiger charge is -2.29. The summed E-state index contributed by atoms with van der Waals surface area (Å²) < 4.78 is 0. The van der Waals surface area contributed by atoms with Gasteiger partial charge in [-0.15, -0.1) is 11.3 Å². The molecule has 2 heterocycles. The van der Waals surface area contributed by atoms with E-state index in [1.54, 1.807) is 5.51 Å². The first-order valence-corrected chi connectivity index (χ1v) is 6.88. The van der Waals surface area contributed by atoms with Crippen LogP contribution in [0.5, 0.6) is 0 Å². The van der Waals surface area contributed by atoms with Crippen LogP contribution in [0.2, 0.25) is 0 Å². The molecule has 1 aliphatic heterocycles. The zero-order valence-corrected chi connectivity index (χ0v) is 10.4. The lowest BCUT2D eigenvalue weighted by molar-refractivity contribution is 0.0953. The van der Waals surface area contributed by atoms with E-state index in [1.807, 2.05) is 5.38 Å². The molecule has 16 heavy (non-hydrogen) atoms. The molecule has 88 valence electrons. The molecule has 1 aromatic heterocycles. The predicted molar refractivity (Wildman–Crippen MR) is 65.9 cm³/mol. The van der Waals surface area contributed by atoms with Crippen LogP contribution in [0.15, 0.2) is 10.9 Å². The number of hydrogen-bond donors (Lipinski definition) is 1. The summed E-state index contributed by atoms with van der Waals surface area (Å²) in [5, 5.41) is 5.27. The van der Waals surface area contributed by atoms with Crippen molar-refractivity contribution < 1.29 is 4.79 Å². The molecule has 0 spiro atoms. The third kappa shape index (κ3) is 2.89. The van der Waals surface area contributed by atoms with Crippen LogP contribution in [0.1, 0.15) is 43.1 Å². The summed E-state index contributed by atoms with van der Waals surface area (Å²) in [5.74, 6) is 0.963. The normalized spacial score (nSPS) is 25.6. The second-order valence-electron chi connectivity index (χ2n) is 4.45. The molecule has 4 heteroatoms. The van der Waals surface area contributed by atoms with Crippen LogP contribution < -0.4 is 5.32 Å². The highest BCUT2D eigenvalue weighted by Gasteiger charge is 2.23. The molecule has 2 rings (SSSR count). The van der Waals surface area contributed by atoms with Gasteiger partial charge >= 0.3 is 0 Å². The van der Waals surface area contributed by atoms with E-state index >= 15 is 0 Å². The number of carbonyl (C=O) groups excluding carboxylic acids is 1. The molecule has 1 aliphatic rings. The number of ketones is 1. The van der Waals surface area contributed by atoms with E-state index in [1.165, 1.54) is 24.2 Å². The lowest BCUT2D eigenvalue weighted by Crippen LogP contribution is -2.39. The molecule has 0 saturated carbocycles. The second-order valence-corrected chi connectivity index (χ2v) is 5.17. The van der Waals surface area contributed by atoms with Crippen molar-refractivity contribution in [2.45, 2.75) is 38.6 Å². The molecule has 2 unspecified atom stereocenters. The number of nitrogens with one attached hydrogen (secondary N) is 1. The third-order valence-electron chi connectivity index (χ3n) is 3.33. The summed E-state index contributed by atoms with van der Waals surface area (Å²) in [5.41, 5.74) is 2.35. The van der Waals surface area contributed by atoms with Crippen molar-refractivity contribution in [2.24, 2.45) is 5.92 Å². The van der Waals surface area contributed by atoms with Crippen molar-refractivity contribution in [3.05, 3.63) is 16.6 Å². The number of Topliss-reactive ketones (excluding diaryl/α,β-unsaturated/α-hetero) is 1. The quantitative estimate of drug-likeness (QED) is 0.819. The fraction of sp³-hybridized carbons (Fsp3) is 0.667. The van der Waals surface area contributed by atoms with E-state index in [4.69, 9.17) is 0 Å². The molecule has 1 fully saturated rings. The molecule has 1 N–H and O–H groups in total. The molecule has 1 aromatic rings. The number of piperidine rings is 1. The van der Waals surface area contributed by atoms with E-state index in [-0.39, 0.29) is 5.78 Å². The minimum absolute atomic E-state index is 0.176. The zero-order chi connectivity index (χ0) is 11.4. The summed E-state index contributed by atoms with van der Waals surface area (Å²) in [6, 6.07) is 0.355. The van der Waals surface area contributed by atoms with Gasteiger partial charge < -0.3 is 5.32 Å². The third-order valence-corrected chi connectivity index (χ3v) is 3.92. The van der Waals surface area contributed by atoms with Gasteiger partial charge in [-0.3, -0.25) is 4.79 Å². The average Bonchev–Trinajstić information content (AvgIpc) is 2.83. The molecule has 3 nitrogen and oxygen atoms in total. The summed E-state index contributed by atoms with van der Waals surface area (Å²) in [7, 11) is 0. The fourth-order valence-corrected chi connectivity index (χ4v) is 2.86. The Bertz CT molecular complexity index is 337. The second kappa shape index (κ2) is 5.55. The minimum Gasteiger partial charge on any atom is -0.314 e. The Morgan fingerprint density at radius 2 is 2.56 bits per heavy atom. The molecule has 1 saturated heterocycles. The SMILES string of the molecule is CCC1CCNC(CC(=O)c2cscn2)C1. The maximum atomic E-state index is 11.9. The standard InChI is InChI=1S/C12H18N2OS/c1-2-9-3-4-13-10(5-9)6-12(15)11-7-16-8-14-11/h7-10,13H,2-6H2,1H3. The summed E-state index contributed by atoms with van der Waals surface area (Å²) in [4.78, 5) is 15.9. The van der Waals surface area contributed by atoms with E-state index in [0.717, 1.165) is 18.9 Å². The van der Waals surface area contributed by atoms with Crippen LogP contribution in [-0.4, -0.2) is 23.4 Å². The first kappa shape index (κ1) is 11.7. The van der Waals surface area contributed by atoms with Crippen molar-refractivity contribution in [3.8, 4) is 0 Å². The molecular weight excluding hydrogens is 220 g/mol. The van der Waals surface area contributed by atoms with Gasteiger partial charge in [-0.2, -0.15) is 0 Å². The molecule has 2 atom stereocenters. The van der Waals surface area contributed by atoms with E-state index in [9.17, 15) is 4.79 Å². The van der Waals surface area contributed by atoms with Crippen LogP contribution in [0.4, 0.5) is 0 Å². The molecular formula is C12H18N2OS. The Labute approximate surface area is 100 Å². The van der Waals surface area contributed by atoms with Gasteiger partial charge in [0.1, 0.15) is 5.69 Å². The number of hydrogen-bond acceptors (Lipinski definition) is 4. The van der Waals surface area contributed by atoms with E-state index in [0.29, 0.717) is 18.2 Å². The van der Waals surface area contributed by atoms with Crippen LogP contribution in [0.25, 0.3) is 0 Å². The van der Waals surface area contributed by atoms with E-state index in [2.05, 4.69) is 17.2 Å². The summed E-state index contributed by atoms with van der Waals surface area (Å²) in [6.45, 7) is 3.28. The molecule has 0 aliphatic carbocycles. The first-order chi connectivity index (χ1) is 7.79. The maximum Gasteiger partial charge on any atom is 0.183 e. The summed E-state index contributed by atoms with van der Waals surface area (Å²) >= 11 is 1.48. The average molecular weight is 238 g/mol. The van der Waals surface area contributed by atoms with Gasteiger partial charge in [0.2, 0.25) is 0 Å². The first-order valence-electron chi connectivity index (χ1n) is 5.94. The van der Waals surface area contributed by atoms with Crippen LogP contribution in [-0.2, 0) is 0 Å². The highest BCUT2D eigenvalue weighted by atomic mass is 32.1. The van der Waals surface area contributed by atoms with Crippen molar-refractivity contribution in [3.63, 3.8) is 0 Å². The van der Waals surface area contributed by atoms with Gasteiger partial charge in [0.25, 0.3) is 0 Å². The van der Waals surface area contributed by atoms with Gasteiger partial charge in [-0.05, 0) is 25.3 Å². The van der Waals surface area contributed by atoms with Crippen LogP contribution in [0.3, 0.4) is 0 Å². The number of carbonyl (C=O) groups is 1. The monoisotopic (exact) mass is 238 g/mol. The zero-order valence-electron chi connectivity index (χ0n) is 9.61. The Hall–Kier alpha value is -0.740. The highest BCUT2D eigenvalue weighted by molar-refractivity contribution is 7.07. The molecule has 0 radical (unpaired) electrons. The predicted octanol–water partition coefficient (Wildman–Crippen LogP) is 2.49. The Morgan fingerprint density at radius 3 is 3.25 bits per heavy atom.